The molecule has 3 aromatic rings. The van der Waals surface area contributed by atoms with Gasteiger partial charge in [-0.15, -0.1) is 0 Å². The fraction of sp³-hybridized carbons (Fsp3) is 0. The molecule has 0 unspecified atom stereocenters. The summed E-state index contributed by atoms with van der Waals surface area (Å²) in [5.41, 5.74) is -0.295. The largest absolute Gasteiger partial charge is 0.422 e. The van der Waals surface area contributed by atoms with Crippen molar-refractivity contribution in [1.82, 2.24) is 4.98 Å². The number of halogens is 1. The van der Waals surface area contributed by atoms with Crippen molar-refractivity contribution in [2.24, 2.45) is 0 Å². The lowest BCUT2D eigenvalue weighted by molar-refractivity contribution is 0.102. The number of rotatable bonds is 2. The van der Waals surface area contributed by atoms with Crippen molar-refractivity contribution in [3.05, 3.63) is 69.1 Å². The van der Waals surface area contributed by atoms with E-state index in [2.05, 4.69) is 26.2 Å². The Balaban J connectivity index is 1.98. The number of benzene rings is 1. The predicted octanol–water partition coefficient (Wildman–Crippen LogP) is 3.20. The standard InChI is InChI=1S/C15H9BrN2O3/c16-10-5-6-17-13(8-10)18-14(19)11-7-9-3-1-2-4-12(9)21-15(11)20/h1-8H,(H,17,18,19). The average Bonchev–Trinajstić information content (AvgIpc) is 2.46. The number of hydrogen-bond donors (Lipinski definition) is 1. The summed E-state index contributed by atoms with van der Waals surface area (Å²) in [6.07, 6.45) is 1.54. The van der Waals surface area contributed by atoms with Crippen LogP contribution in [0.2, 0.25) is 0 Å². The van der Waals surface area contributed by atoms with Gasteiger partial charge in [0.25, 0.3) is 5.91 Å². The average molecular weight is 345 g/mol. The Morgan fingerprint density at radius 3 is 2.81 bits per heavy atom. The third kappa shape index (κ3) is 2.85. The smallest absolute Gasteiger partial charge is 0.349 e. The number of amides is 1. The molecule has 0 radical (unpaired) electrons. The predicted molar refractivity (Wildman–Crippen MR) is 82.4 cm³/mol. The van der Waals surface area contributed by atoms with Gasteiger partial charge in [0.2, 0.25) is 0 Å². The summed E-state index contributed by atoms with van der Waals surface area (Å²) in [5, 5.41) is 3.25. The van der Waals surface area contributed by atoms with Crippen molar-refractivity contribution < 1.29 is 9.21 Å². The highest BCUT2D eigenvalue weighted by molar-refractivity contribution is 9.10. The van der Waals surface area contributed by atoms with Crippen LogP contribution in [0.1, 0.15) is 10.4 Å². The van der Waals surface area contributed by atoms with E-state index in [1.54, 1.807) is 42.6 Å². The summed E-state index contributed by atoms with van der Waals surface area (Å²) in [7, 11) is 0. The summed E-state index contributed by atoms with van der Waals surface area (Å²) in [5.74, 6) is -0.206. The Hall–Kier alpha value is -2.47. The summed E-state index contributed by atoms with van der Waals surface area (Å²) < 4.78 is 5.91. The zero-order chi connectivity index (χ0) is 14.8. The van der Waals surface area contributed by atoms with Gasteiger partial charge >= 0.3 is 5.63 Å². The molecule has 21 heavy (non-hydrogen) atoms. The SMILES string of the molecule is O=C(Nc1cc(Br)ccn1)c1cc2ccccc2oc1=O. The molecule has 1 aromatic carbocycles. The Labute approximate surface area is 127 Å². The number of aromatic nitrogens is 1. The van der Waals surface area contributed by atoms with Crippen molar-refractivity contribution >= 4 is 38.6 Å². The molecule has 0 saturated heterocycles. The van der Waals surface area contributed by atoms with E-state index in [1.165, 1.54) is 6.07 Å². The molecule has 2 aromatic heterocycles. The fourth-order valence-corrected chi connectivity index (χ4v) is 2.21. The third-order valence-corrected chi connectivity index (χ3v) is 3.34. The van der Waals surface area contributed by atoms with E-state index in [4.69, 9.17) is 4.42 Å². The molecule has 104 valence electrons. The molecule has 0 atom stereocenters. The quantitative estimate of drug-likeness (QED) is 0.724. The van der Waals surface area contributed by atoms with Gasteiger partial charge in [0.05, 0.1) is 0 Å². The number of para-hydroxylation sites is 1. The normalized spacial score (nSPS) is 10.5. The summed E-state index contributed by atoms with van der Waals surface area (Å²) in [6, 6.07) is 11.9. The zero-order valence-corrected chi connectivity index (χ0v) is 12.3. The van der Waals surface area contributed by atoms with E-state index >= 15 is 0 Å². The summed E-state index contributed by atoms with van der Waals surface area (Å²) >= 11 is 3.28. The van der Waals surface area contributed by atoms with Gasteiger partial charge in [0.15, 0.2) is 0 Å². The molecule has 6 heteroatoms. The molecule has 5 nitrogen and oxygen atoms in total. The van der Waals surface area contributed by atoms with Crippen LogP contribution >= 0.6 is 15.9 Å². The van der Waals surface area contributed by atoms with E-state index in [0.29, 0.717) is 16.8 Å². The van der Waals surface area contributed by atoms with E-state index in [0.717, 1.165) is 4.47 Å². The number of carbonyl (C=O) groups is 1. The lowest BCUT2D eigenvalue weighted by Crippen LogP contribution is -2.21. The van der Waals surface area contributed by atoms with Crippen LogP contribution in [0.3, 0.4) is 0 Å². The first-order valence-electron chi connectivity index (χ1n) is 6.09. The van der Waals surface area contributed by atoms with Gasteiger partial charge in [0.1, 0.15) is 17.0 Å². The van der Waals surface area contributed by atoms with Gasteiger partial charge in [-0.2, -0.15) is 0 Å². The Morgan fingerprint density at radius 2 is 2.00 bits per heavy atom. The van der Waals surface area contributed by atoms with Crippen molar-refractivity contribution in [3.63, 3.8) is 0 Å². The maximum atomic E-state index is 12.2. The highest BCUT2D eigenvalue weighted by atomic mass is 79.9. The monoisotopic (exact) mass is 344 g/mol. The molecule has 0 aliphatic carbocycles. The molecule has 0 aliphatic heterocycles. The molecular weight excluding hydrogens is 336 g/mol. The second-order valence-corrected chi connectivity index (χ2v) is 5.21. The summed E-state index contributed by atoms with van der Waals surface area (Å²) in [4.78, 5) is 28.0. The van der Waals surface area contributed by atoms with Crippen molar-refractivity contribution in [2.75, 3.05) is 5.32 Å². The van der Waals surface area contributed by atoms with Crippen LogP contribution in [0, 0.1) is 0 Å². The van der Waals surface area contributed by atoms with E-state index < -0.39 is 11.5 Å². The first-order valence-corrected chi connectivity index (χ1v) is 6.88. The molecular formula is C15H9BrN2O3. The van der Waals surface area contributed by atoms with E-state index in [-0.39, 0.29) is 5.56 Å². The number of pyridine rings is 1. The van der Waals surface area contributed by atoms with Crippen LogP contribution in [0.4, 0.5) is 5.82 Å². The molecule has 0 bridgehead atoms. The number of hydrogen-bond acceptors (Lipinski definition) is 4. The number of nitrogens with one attached hydrogen (secondary N) is 1. The molecule has 0 saturated carbocycles. The Kier molecular flexibility index (Phi) is 3.53. The first-order chi connectivity index (χ1) is 10.1. The molecule has 1 N–H and O–H groups in total. The highest BCUT2D eigenvalue weighted by Crippen LogP contribution is 2.15. The number of nitrogens with zero attached hydrogens (tertiary/aromatic N) is 1. The van der Waals surface area contributed by atoms with Crippen molar-refractivity contribution in [1.29, 1.82) is 0 Å². The van der Waals surface area contributed by atoms with Crippen molar-refractivity contribution in [3.8, 4) is 0 Å². The number of fused-ring (bicyclic) bond motifs is 1. The maximum absolute atomic E-state index is 12.2. The van der Waals surface area contributed by atoms with Gasteiger partial charge < -0.3 is 9.73 Å². The molecule has 0 fully saturated rings. The van der Waals surface area contributed by atoms with E-state index in [9.17, 15) is 9.59 Å². The minimum absolute atomic E-state index is 0.0597. The Morgan fingerprint density at radius 1 is 1.19 bits per heavy atom. The lowest BCUT2D eigenvalue weighted by Gasteiger charge is -2.04. The Bertz CT molecular complexity index is 889. The van der Waals surface area contributed by atoms with Crippen LogP contribution in [-0.2, 0) is 0 Å². The maximum Gasteiger partial charge on any atom is 0.349 e. The molecule has 1 amide bonds. The van der Waals surface area contributed by atoms with Gasteiger partial charge in [-0.05, 0) is 24.3 Å². The minimum atomic E-state index is -0.679. The zero-order valence-electron chi connectivity index (χ0n) is 10.7. The van der Waals surface area contributed by atoms with Gasteiger partial charge in [-0.25, -0.2) is 9.78 Å². The van der Waals surface area contributed by atoms with Crippen LogP contribution < -0.4 is 10.9 Å². The molecule has 0 spiro atoms. The minimum Gasteiger partial charge on any atom is -0.422 e. The summed E-state index contributed by atoms with van der Waals surface area (Å²) in [6.45, 7) is 0. The molecule has 0 aliphatic rings. The number of carbonyl (C=O) groups excluding carboxylic acids is 1. The second kappa shape index (κ2) is 5.49. The number of anilines is 1. The fourth-order valence-electron chi connectivity index (χ4n) is 1.88. The van der Waals surface area contributed by atoms with Crippen LogP contribution in [0.5, 0.6) is 0 Å². The van der Waals surface area contributed by atoms with Gasteiger partial charge in [-0.3, -0.25) is 4.79 Å². The molecule has 3 rings (SSSR count). The van der Waals surface area contributed by atoms with Crippen molar-refractivity contribution in [2.45, 2.75) is 0 Å². The second-order valence-electron chi connectivity index (χ2n) is 4.30. The third-order valence-electron chi connectivity index (χ3n) is 2.85. The van der Waals surface area contributed by atoms with Gasteiger partial charge in [0, 0.05) is 16.1 Å². The van der Waals surface area contributed by atoms with Crippen LogP contribution in [0.25, 0.3) is 11.0 Å². The first kappa shape index (κ1) is 13.5. The van der Waals surface area contributed by atoms with E-state index in [1.807, 2.05) is 0 Å². The molecule has 2 heterocycles. The highest BCUT2D eigenvalue weighted by Gasteiger charge is 2.14. The topological polar surface area (TPSA) is 72.2 Å². The van der Waals surface area contributed by atoms with Crippen LogP contribution in [0.15, 0.2) is 62.3 Å². The van der Waals surface area contributed by atoms with Crippen LogP contribution in [-0.4, -0.2) is 10.9 Å². The van der Waals surface area contributed by atoms with Gasteiger partial charge in [-0.1, -0.05) is 34.1 Å². The lowest BCUT2D eigenvalue weighted by atomic mass is 10.2.